The molecule has 0 bridgehead atoms. The fourth-order valence-corrected chi connectivity index (χ4v) is 2.11. The highest BCUT2D eigenvalue weighted by molar-refractivity contribution is 5.40. The summed E-state index contributed by atoms with van der Waals surface area (Å²) in [4.78, 5) is 6.46. The van der Waals surface area contributed by atoms with Crippen molar-refractivity contribution >= 4 is 5.69 Å². The molecule has 1 aromatic heterocycles. The van der Waals surface area contributed by atoms with Crippen LogP contribution in [0.1, 0.15) is 19.3 Å². The van der Waals surface area contributed by atoms with Gasteiger partial charge in [0.25, 0.3) is 0 Å². The summed E-state index contributed by atoms with van der Waals surface area (Å²) in [5.74, 6) is 0. The number of aromatic nitrogens is 1. The van der Waals surface area contributed by atoms with Gasteiger partial charge in [-0.2, -0.15) is 0 Å². The van der Waals surface area contributed by atoms with Gasteiger partial charge in [0.2, 0.25) is 0 Å². The smallest absolute Gasteiger partial charge is 0.0371 e. The van der Waals surface area contributed by atoms with Crippen molar-refractivity contribution < 1.29 is 0 Å². The molecule has 1 aliphatic heterocycles. The summed E-state index contributed by atoms with van der Waals surface area (Å²) in [5, 5.41) is 3.46. The fraction of sp³-hybridized carbons (Fsp3) is 0.583. The lowest BCUT2D eigenvalue weighted by atomic mass is 10.0. The van der Waals surface area contributed by atoms with E-state index in [2.05, 4.69) is 22.2 Å². The van der Waals surface area contributed by atoms with Crippen LogP contribution in [-0.2, 0) is 0 Å². The van der Waals surface area contributed by atoms with Crippen molar-refractivity contribution in [3.63, 3.8) is 0 Å². The second kappa shape index (κ2) is 5.12. The summed E-state index contributed by atoms with van der Waals surface area (Å²) < 4.78 is 0. The largest absolute Gasteiger partial charge is 0.383 e. The summed E-state index contributed by atoms with van der Waals surface area (Å²) in [6, 6.07) is 4.72. The highest BCUT2D eigenvalue weighted by Crippen LogP contribution is 2.15. The Kier molecular flexibility index (Phi) is 3.56. The van der Waals surface area contributed by atoms with E-state index in [4.69, 9.17) is 0 Å². The minimum Gasteiger partial charge on any atom is -0.383 e. The van der Waals surface area contributed by atoms with Crippen LogP contribution in [0.4, 0.5) is 5.69 Å². The summed E-state index contributed by atoms with van der Waals surface area (Å²) in [6.07, 6.45) is 7.68. The highest BCUT2D eigenvalue weighted by atomic mass is 15.2. The van der Waals surface area contributed by atoms with E-state index in [0.717, 1.165) is 6.54 Å². The van der Waals surface area contributed by atoms with Gasteiger partial charge in [-0.15, -0.1) is 0 Å². The molecule has 1 N–H and O–H groups in total. The number of likely N-dealkylation sites (tertiary alicyclic amines) is 1. The van der Waals surface area contributed by atoms with Crippen LogP contribution in [0.15, 0.2) is 24.5 Å². The molecule has 1 aromatic rings. The molecule has 1 unspecified atom stereocenters. The second-order valence-electron chi connectivity index (χ2n) is 4.25. The van der Waals surface area contributed by atoms with E-state index in [1.165, 1.54) is 31.5 Å². The average molecular weight is 205 g/mol. The van der Waals surface area contributed by atoms with Gasteiger partial charge in [-0.1, -0.05) is 6.42 Å². The van der Waals surface area contributed by atoms with Gasteiger partial charge in [-0.3, -0.25) is 4.98 Å². The number of nitrogens with one attached hydrogen (secondary N) is 1. The first-order valence-corrected chi connectivity index (χ1v) is 5.70. The molecule has 1 saturated heterocycles. The fourth-order valence-electron chi connectivity index (χ4n) is 2.11. The molecule has 0 amide bonds. The van der Waals surface area contributed by atoms with Crippen molar-refractivity contribution in [3.05, 3.63) is 24.5 Å². The SMILES string of the molecule is CN1CCCCC1CNc1ccncc1. The van der Waals surface area contributed by atoms with Crippen molar-refractivity contribution in [1.82, 2.24) is 9.88 Å². The van der Waals surface area contributed by atoms with Gasteiger partial charge >= 0.3 is 0 Å². The Morgan fingerprint density at radius 3 is 2.93 bits per heavy atom. The van der Waals surface area contributed by atoms with Crippen LogP contribution >= 0.6 is 0 Å². The quantitative estimate of drug-likeness (QED) is 0.818. The Bertz CT molecular complexity index is 286. The van der Waals surface area contributed by atoms with Crippen LogP contribution in [0.25, 0.3) is 0 Å². The molecule has 1 atom stereocenters. The maximum absolute atomic E-state index is 4.00. The van der Waals surface area contributed by atoms with Crippen molar-refractivity contribution in [1.29, 1.82) is 0 Å². The molecule has 3 heteroatoms. The first-order valence-electron chi connectivity index (χ1n) is 5.70. The first kappa shape index (κ1) is 10.4. The van der Waals surface area contributed by atoms with E-state index in [-0.39, 0.29) is 0 Å². The Morgan fingerprint density at radius 1 is 1.40 bits per heavy atom. The Morgan fingerprint density at radius 2 is 2.20 bits per heavy atom. The maximum Gasteiger partial charge on any atom is 0.0371 e. The van der Waals surface area contributed by atoms with E-state index in [9.17, 15) is 0 Å². The molecule has 0 aromatic carbocycles. The van der Waals surface area contributed by atoms with Gasteiger partial charge in [0.05, 0.1) is 0 Å². The molecule has 0 aliphatic carbocycles. The summed E-state index contributed by atoms with van der Waals surface area (Å²) >= 11 is 0. The highest BCUT2D eigenvalue weighted by Gasteiger charge is 2.17. The lowest BCUT2D eigenvalue weighted by Gasteiger charge is -2.32. The summed E-state index contributed by atoms with van der Waals surface area (Å²) in [6.45, 7) is 2.28. The van der Waals surface area contributed by atoms with E-state index in [1.54, 1.807) is 0 Å². The zero-order chi connectivity index (χ0) is 10.5. The molecule has 0 saturated carbocycles. The van der Waals surface area contributed by atoms with Crippen LogP contribution in [0.5, 0.6) is 0 Å². The van der Waals surface area contributed by atoms with Gasteiger partial charge in [0, 0.05) is 30.7 Å². The number of rotatable bonds is 3. The molecule has 15 heavy (non-hydrogen) atoms. The lowest BCUT2D eigenvalue weighted by molar-refractivity contribution is 0.194. The molecule has 82 valence electrons. The number of likely N-dealkylation sites (N-methyl/N-ethyl adjacent to an activating group) is 1. The normalized spacial score (nSPS) is 22.6. The Hall–Kier alpha value is -1.09. The van der Waals surface area contributed by atoms with E-state index in [0.29, 0.717) is 6.04 Å². The van der Waals surface area contributed by atoms with Gasteiger partial charge < -0.3 is 10.2 Å². The predicted octanol–water partition coefficient (Wildman–Crippen LogP) is 1.98. The Labute approximate surface area is 91.5 Å². The molecule has 1 fully saturated rings. The number of nitrogens with zero attached hydrogens (tertiary/aromatic N) is 2. The molecular weight excluding hydrogens is 186 g/mol. The van der Waals surface area contributed by atoms with E-state index < -0.39 is 0 Å². The molecule has 2 rings (SSSR count). The van der Waals surface area contributed by atoms with Gasteiger partial charge in [-0.25, -0.2) is 0 Å². The van der Waals surface area contributed by atoms with E-state index in [1.807, 2.05) is 24.5 Å². The summed E-state index contributed by atoms with van der Waals surface area (Å²) in [5.41, 5.74) is 1.17. The third kappa shape index (κ3) is 2.93. The van der Waals surface area contributed by atoms with E-state index >= 15 is 0 Å². The number of anilines is 1. The van der Waals surface area contributed by atoms with Crippen LogP contribution in [0, 0.1) is 0 Å². The number of hydrogen-bond acceptors (Lipinski definition) is 3. The van der Waals surface area contributed by atoms with Crippen LogP contribution in [0.3, 0.4) is 0 Å². The number of pyridine rings is 1. The van der Waals surface area contributed by atoms with Gasteiger partial charge in [0.15, 0.2) is 0 Å². The molecular formula is C12H19N3. The predicted molar refractivity (Wildman–Crippen MR) is 63.0 cm³/mol. The van der Waals surface area contributed by atoms with Crippen molar-refractivity contribution in [2.75, 3.05) is 25.5 Å². The third-order valence-electron chi connectivity index (χ3n) is 3.14. The number of piperidine rings is 1. The second-order valence-corrected chi connectivity index (χ2v) is 4.25. The first-order chi connectivity index (χ1) is 7.36. The Balaban J connectivity index is 1.82. The minimum atomic E-state index is 0.687. The topological polar surface area (TPSA) is 28.2 Å². The lowest BCUT2D eigenvalue weighted by Crippen LogP contribution is -2.40. The van der Waals surface area contributed by atoms with Gasteiger partial charge in [0.1, 0.15) is 0 Å². The van der Waals surface area contributed by atoms with Gasteiger partial charge in [-0.05, 0) is 38.6 Å². The zero-order valence-corrected chi connectivity index (χ0v) is 9.32. The van der Waals surface area contributed by atoms with Crippen LogP contribution in [0.2, 0.25) is 0 Å². The summed E-state index contributed by atoms with van der Waals surface area (Å²) in [7, 11) is 2.22. The van der Waals surface area contributed by atoms with Crippen molar-refractivity contribution in [2.45, 2.75) is 25.3 Å². The molecule has 3 nitrogen and oxygen atoms in total. The van der Waals surface area contributed by atoms with Crippen molar-refractivity contribution in [3.8, 4) is 0 Å². The molecule has 2 heterocycles. The maximum atomic E-state index is 4.00. The minimum absolute atomic E-state index is 0.687. The number of hydrogen-bond donors (Lipinski definition) is 1. The standard InChI is InChI=1S/C12H19N3/c1-15-9-3-2-4-12(15)10-14-11-5-7-13-8-6-11/h5-8,12H,2-4,9-10H2,1H3,(H,13,14). The van der Waals surface area contributed by atoms with Crippen LogP contribution < -0.4 is 5.32 Å². The average Bonchev–Trinajstić information content (AvgIpc) is 2.29. The third-order valence-corrected chi connectivity index (χ3v) is 3.14. The molecule has 0 radical (unpaired) electrons. The van der Waals surface area contributed by atoms with Crippen LogP contribution in [-0.4, -0.2) is 36.1 Å². The van der Waals surface area contributed by atoms with Crippen molar-refractivity contribution in [2.24, 2.45) is 0 Å². The molecule has 0 spiro atoms. The monoisotopic (exact) mass is 205 g/mol. The molecule has 1 aliphatic rings. The zero-order valence-electron chi connectivity index (χ0n) is 9.32.